The van der Waals surface area contributed by atoms with E-state index < -0.39 is 0 Å². The predicted molar refractivity (Wildman–Crippen MR) is 83.2 cm³/mol. The number of nitrogens with one attached hydrogen (secondary N) is 1. The minimum absolute atomic E-state index is 0.0720. The molecule has 2 aromatic rings. The fraction of sp³-hybridized carbons (Fsp3) is 0.176. The Morgan fingerprint density at radius 1 is 1.29 bits per heavy atom. The first-order valence-corrected chi connectivity index (χ1v) is 6.81. The van der Waals surface area contributed by atoms with Crippen molar-refractivity contribution in [2.45, 2.75) is 13.3 Å². The van der Waals surface area contributed by atoms with Crippen LogP contribution in [0, 0.1) is 0 Å². The standard InChI is InChI=1S/C17H18N2O2/c1-3-18-17(21)16-11-14(12(2)20)10-15(19-16)9-13-7-5-4-6-8-13/h4-8,10-11,20H,2-3,9H2,1H3,(H,18,21). The van der Waals surface area contributed by atoms with E-state index in [0.29, 0.717) is 18.5 Å². The summed E-state index contributed by atoms with van der Waals surface area (Å²) >= 11 is 0. The van der Waals surface area contributed by atoms with Gasteiger partial charge in [0.15, 0.2) is 0 Å². The van der Waals surface area contributed by atoms with Gasteiger partial charge in [0.05, 0.1) is 0 Å². The molecule has 0 saturated carbocycles. The first-order valence-electron chi connectivity index (χ1n) is 6.81. The van der Waals surface area contributed by atoms with Gasteiger partial charge in [-0.05, 0) is 24.6 Å². The number of aromatic nitrogens is 1. The van der Waals surface area contributed by atoms with Crippen molar-refractivity contribution in [2.75, 3.05) is 6.54 Å². The lowest BCUT2D eigenvalue weighted by atomic mass is 10.1. The Balaban J connectivity index is 2.36. The third kappa shape index (κ3) is 3.92. The van der Waals surface area contributed by atoms with E-state index in [0.717, 1.165) is 11.3 Å². The fourth-order valence-corrected chi connectivity index (χ4v) is 2.02. The molecule has 0 aliphatic heterocycles. The van der Waals surface area contributed by atoms with Crippen molar-refractivity contribution in [1.82, 2.24) is 10.3 Å². The normalized spacial score (nSPS) is 10.1. The van der Waals surface area contributed by atoms with Crippen LogP contribution in [0.3, 0.4) is 0 Å². The van der Waals surface area contributed by atoms with E-state index in [-0.39, 0.29) is 17.4 Å². The largest absolute Gasteiger partial charge is 0.508 e. The number of carbonyl (C=O) groups excluding carboxylic acids is 1. The minimum atomic E-state index is -0.255. The van der Waals surface area contributed by atoms with E-state index in [1.807, 2.05) is 37.3 Å². The Bertz CT molecular complexity index is 651. The van der Waals surface area contributed by atoms with E-state index in [9.17, 15) is 9.90 Å². The van der Waals surface area contributed by atoms with Gasteiger partial charge >= 0.3 is 0 Å². The highest BCUT2D eigenvalue weighted by Gasteiger charge is 2.11. The topological polar surface area (TPSA) is 62.2 Å². The zero-order valence-electron chi connectivity index (χ0n) is 12.0. The molecule has 0 saturated heterocycles. The van der Waals surface area contributed by atoms with Crippen molar-refractivity contribution in [3.05, 3.63) is 71.6 Å². The lowest BCUT2D eigenvalue weighted by Crippen LogP contribution is -2.24. The second-order valence-corrected chi connectivity index (χ2v) is 4.70. The van der Waals surface area contributed by atoms with Crippen molar-refractivity contribution in [2.24, 2.45) is 0 Å². The Morgan fingerprint density at radius 3 is 2.62 bits per heavy atom. The van der Waals surface area contributed by atoms with Crippen molar-refractivity contribution in [1.29, 1.82) is 0 Å². The van der Waals surface area contributed by atoms with Crippen molar-refractivity contribution in [3.63, 3.8) is 0 Å². The average Bonchev–Trinajstić information content (AvgIpc) is 2.48. The maximum atomic E-state index is 11.9. The van der Waals surface area contributed by atoms with Gasteiger partial charge in [-0.1, -0.05) is 36.9 Å². The van der Waals surface area contributed by atoms with Crippen molar-refractivity contribution < 1.29 is 9.90 Å². The SMILES string of the molecule is C=C(O)c1cc(Cc2ccccc2)nc(C(=O)NCC)c1. The summed E-state index contributed by atoms with van der Waals surface area (Å²) in [6.07, 6.45) is 0.592. The molecule has 2 N–H and O–H groups in total. The molecule has 4 heteroatoms. The quantitative estimate of drug-likeness (QED) is 0.829. The molecule has 0 unspecified atom stereocenters. The monoisotopic (exact) mass is 282 g/mol. The highest BCUT2D eigenvalue weighted by atomic mass is 16.3. The first-order chi connectivity index (χ1) is 10.1. The van der Waals surface area contributed by atoms with E-state index in [4.69, 9.17) is 0 Å². The molecule has 2 rings (SSSR count). The van der Waals surface area contributed by atoms with E-state index in [1.54, 1.807) is 12.1 Å². The zero-order valence-corrected chi connectivity index (χ0v) is 12.0. The molecule has 0 fully saturated rings. The highest BCUT2D eigenvalue weighted by Crippen LogP contribution is 2.15. The van der Waals surface area contributed by atoms with Gasteiger partial charge in [-0.3, -0.25) is 4.79 Å². The predicted octanol–water partition coefficient (Wildman–Crippen LogP) is 2.95. The number of pyridine rings is 1. The van der Waals surface area contributed by atoms with Crippen LogP contribution in [0.15, 0.2) is 49.0 Å². The van der Waals surface area contributed by atoms with Crippen LogP contribution in [0.1, 0.15) is 34.2 Å². The summed E-state index contributed by atoms with van der Waals surface area (Å²) in [5.74, 6) is -0.327. The van der Waals surface area contributed by atoms with E-state index in [1.165, 1.54) is 0 Å². The molecule has 1 aromatic heterocycles. The number of amides is 1. The molecular weight excluding hydrogens is 264 g/mol. The number of benzene rings is 1. The maximum Gasteiger partial charge on any atom is 0.269 e. The highest BCUT2D eigenvalue weighted by molar-refractivity contribution is 5.93. The zero-order chi connectivity index (χ0) is 15.2. The molecule has 0 radical (unpaired) electrons. The number of aliphatic hydroxyl groups excluding tert-OH is 1. The number of aliphatic hydroxyl groups is 1. The number of rotatable bonds is 5. The summed E-state index contributed by atoms with van der Waals surface area (Å²) in [6, 6.07) is 13.1. The summed E-state index contributed by atoms with van der Waals surface area (Å²) in [5.41, 5.74) is 2.61. The van der Waals surface area contributed by atoms with Crippen LogP contribution in [0.4, 0.5) is 0 Å². The molecule has 108 valence electrons. The molecule has 0 bridgehead atoms. The van der Waals surface area contributed by atoms with Gasteiger partial charge in [-0.15, -0.1) is 0 Å². The van der Waals surface area contributed by atoms with Crippen LogP contribution >= 0.6 is 0 Å². The van der Waals surface area contributed by atoms with Crippen LogP contribution < -0.4 is 5.32 Å². The van der Waals surface area contributed by atoms with Gasteiger partial charge in [0.1, 0.15) is 11.5 Å². The van der Waals surface area contributed by atoms with Gasteiger partial charge in [0.25, 0.3) is 5.91 Å². The lowest BCUT2D eigenvalue weighted by Gasteiger charge is -2.08. The van der Waals surface area contributed by atoms with Gasteiger partial charge in [-0.2, -0.15) is 0 Å². The number of carbonyl (C=O) groups is 1. The minimum Gasteiger partial charge on any atom is -0.508 e. The number of hydrogen-bond donors (Lipinski definition) is 2. The van der Waals surface area contributed by atoms with Gasteiger partial charge in [-0.25, -0.2) is 4.98 Å². The molecule has 1 heterocycles. The Hall–Kier alpha value is -2.62. The Kier molecular flexibility index (Phi) is 4.72. The van der Waals surface area contributed by atoms with E-state index >= 15 is 0 Å². The van der Waals surface area contributed by atoms with E-state index in [2.05, 4.69) is 16.9 Å². The van der Waals surface area contributed by atoms with Crippen LogP contribution in [0.5, 0.6) is 0 Å². The Morgan fingerprint density at radius 2 is 2.00 bits per heavy atom. The molecule has 1 amide bonds. The fourth-order valence-electron chi connectivity index (χ4n) is 2.02. The second kappa shape index (κ2) is 6.70. The molecule has 0 atom stereocenters. The number of hydrogen-bond acceptors (Lipinski definition) is 3. The molecular formula is C17H18N2O2. The molecule has 0 aliphatic rings. The average molecular weight is 282 g/mol. The summed E-state index contributed by atoms with van der Waals surface area (Å²) in [5, 5.41) is 12.3. The summed E-state index contributed by atoms with van der Waals surface area (Å²) in [6.45, 7) is 5.89. The number of nitrogens with zero attached hydrogens (tertiary/aromatic N) is 1. The summed E-state index contributed by atoms with van der Waals surface area (Å²) in [7, 11) is 0. The molecule has 4 nitrogen and oxygen atoms in total. The summed E-state index contributed by atoms with van der Waals surface area (Å²) < 4.78 is 0. The van der Waals surface area contributed by atoms with Gasteiger partial charge < -0.3 is 10.4 Å². The third-order valence-electron chi connectivity index (χ3n) is 3.01. The summed E-state index contributed by atoms with van der Waals surface area (Å²) in [4.78, 5) is 16.3. The maximum absolute atomic E-state index is 11.9. The van der Waals surface area contributed by atoms with Crippen molar-refractivity contribution in [3.8, 4) is 0 Å². The Labute approximate surface area is 124 Å². The lowest BCUT2D eigenvalue weighted by molar-refractivity contribution is 0.0950. The van der Waals surface area contributed by atoms with Crippen LogP contribution in [-0.2, 0) is 6.42 Å². The molecule has 21 heavy (non-hydrogen) atoms. The van der Waals surface area contributed by atoms with Crippen LogP contribution in [0.2, 0.25) is 0 Å². The smallest absolute Gasteiger partial charge is 0.269 e. The molecule has 0 spiro atoms. The second-order valence-electron chi connectivity index (χ2n) is 4.70. The van der Waals surface area contributed by atoms with Gasteiger partial charge in [0.2, 0.25) is 0 Å². The van der Waals surface area contributed by atoms with Crippen LogP contribution in [0.25, 0.3) is 5.76 Å². The third-order valence-corrected chi connectivity index (χ3v) is 3.01. The first kappa shape index (κ1) is 14.8. The van der Waals surface area contributed by atoms with Crippen molar-refractivity contribution >= 4 is 11.7 Å². The van der Waals surface area contributed by atoms with Crippen LogP contribution in [-0.4, -0.2) is 22.5 Å². The molecule has 1 aromatic carbocycles. The molecule has 0 aliphatic carbocycles. The van der Waals surface area contributed by atoms with Gasteiger partial charge in [0, 0.05) is 24.2 Å².